The first-order valence-electron chi connectivity index (χ1n) is 7.14. The summed E-state index contributed by atoms with van der Waals surface area (Å²) in [4.78, 5) is 25.7. The maximum atomic E-state index is 11.7. The number of hydrogen-bond acceptors (Lipinski definition) is 10. The predicted molar refractivity (Wildman–Crippen MR) is 77.5 cm³/mol. The Hall–Kier alpha value is -1.99. The highest BCUT2D eigenvalue weighted by molar-refractivity contribution is 5.79. The van der Waals surface area contributed by atoms with Crippen LogP contribution in [0.1, 0.15) is 6.42 Å². The maximum absolute atomic E-state index is 11.7. The molecule has 142 valence electrons. The molecule has 0 saturated carbocycles. The molecule has 2 unspecified atom stereocenters. The van der Waals surface area contributed by atoms with Crippen molar-refractivity contribution in [3.05, 3.63) is 10.4 Å². The fraction of sp³-hybridized carbons (Fsp3) is 0.833. The van der Waals surface area contributed by atoms with Gasteiger partial charge >= 0.3 is 5.97 Å². The van der Waals surface area contributed by atoms with E-state index < -0.39 is 67.7 Å². The van der Waals surface area contributed by atoms with Gasteiger partial charge in [0.25, 0.3) is 5.79 Å². The molecular formula is C12H20N4O9. The highest BCUT2D eigenvalue weighted by Crippen LogP contribution is 2.31. The quantitative estimate of drug-likeness (QED) is 0.114. The van der Waals surface area contributed by atoms with Crippen molar-refractivity contribution in [2.75, 3.05) is 20.3 Å². The number of esters is 1. The molecule has 0 spiro atoms. The SMILES string of the molecule is COC(=O)[C@@]1(O)CC(O)[C@@H](NC(=O)CN=[N+]=[N-])C([C@H](O)[C@H](O)CO)O1. The van der Waals surface area contributed by atoms with Crippen molar-refractivity contribution >= 4 is 11.9 Å². The fourth-order valence-electron chi connectivity index (χ4n) is 2.38. The Morgan fingerprint density at radius 3 is 2.68 bits per heavy atom. The van der Waals surface area contributed by atoms with E-state index in [0.717, 1.165) is 7.11 Å². The minimum Gasteiger partial charge on any atom is -0.465 e. The van der Waals surface area contributed by atoms with Gasteiger partial charge < -0.3 is 40.3 Å². The minimum absolute atomic E-state index is 0.619. The lowest BCUT2D eigenvalue weighted by Crippen LogP contribution is -2.67. The van der Waals surface area contributed by atoms with Gasteiger partial charge in [-0.3, -0.25) is 4.79 Å². The van der Waals surface area contributed by atoms with Crippen molar-refractivity contribution in [2.24, 2.45) is 5.11 Å². The van der Waals surface area contributed by atoms with Crippen molar-refractivity contribution in [3.63, 3.8) is 0 Å². The molecule has 1 aliphatic rings. The average molecular weight is 364 g/mol. The van der Waals surface area contributed by atoms with Crippen LogP contribution >= 0.6 is 0 Å². The third kappa shape index (κ3) is 4.99. The lowest BCUT2D eigenvalue weighted by molar-refractivity contribution is -0.296. The smallest absolute Gasteiger partial charge is 0.366 e. The van der Waals surface area contributed by atoms with Crippen LogP contribution in [0.2, 0.25) is 0 Å². The Morgan fingerprint density at radius 2 is 2.16 bits per heavy atom. The second-order valence-electron chi connectivity index (χ2n) is 5.35. The van der Waals surface area contributed by atoms with Crippen LogP contribution in [0.25, 0.3) is 10.4 Å². The third-order valence-electron chi connectivity index (χ3n) is 3.61. The Balaban J connectivity index is 3.09. The minimum atomic E-state index is -2.64. The number of rotatable bonds is 7. The van der Waals surface area contributed by atoms with Crippen molar-refractivity contribution in [1.82, 2.24) is 5.32 Å². The van der Waals surface area contributed by atoms with Gasteiger partial charge in [-0.25, -0.2) is 4.79 Å². The number of nitrogens with zero attached hydrogens (tertiary/aromatic N) is 3. The largest absolute Gasteiger partial charge is 0.465 e. The molecule has 1 aliphatic heterocycles. The molecule has 1 heterocycles. The van der Waals surface area contributed by atoms with Crippen LogP contribution in [-0.2, 0) is 19.1 Å². The Kier molecular flexibility index (Phi) is 7.51. The standard InChI is InChI=1S/C12H20N4O9/c1-24-11(22)12(23)2-5(18)8(15-7(20)3-14-16-13)10(25-12)9(21)6(19)4-17/h5-6,8-10,17-19,21,23H,2-4H2,1H3,(H,15,20)/t5?,6-,8-,9-,10?,12-/m1/s1. The zero-order valence-electron chi connectivity index (χ0n) is 13.2. The number of azide groups is 1. The molecule has 13 heteroatoms. The first-order chi connectivity index (χ1) is 11.7. The van der Waals surface area contributed by atoms with Gasteiger partial charge in [-0.2, -0.15) is 0 Å². The lowest BCUT2D eigenvalue weighted by atomic mass is 9.88. The summed E-state index contributed by atoms with van der Waals surface area (Å²) in [5.41, 5.74) is 8.19. The summed E-state index contributed by atoms with van der Waals surface area (Å²) in [6.45, 7) is -1.51. The van der Waals surface area contributed by atoms with E-state index in [0.29, 0.717) is 0 Å². The molecule has 1 fully saturated rings. The summed E-state index contributed by atoms with van der Waals surface area (Å²) in [7, 11) is 0.956. The summed E-state index contributed by atoms with van der Waals surface area (Å²) < 4.78 is 9.45. The number of aliphatic hydroxyl groups is 5. The van der Waals surface area contributed by atoms with E-state index >= 15 is 0 Å². The molecule has 1 rings (SSSR count). The Morgan fingerprint density at radius 1 is 1.52 bits per heavy atom. The molecule has 0 aliphatic carbocycles. The van der Waals surface area contributed by atoms with Gasteiger partial charge in [0.1, 0.15) is 24.9 Å². The number of methoxy groups -OCH3 is 1. The maximum Gasteiger partial charge on any atom is 0.366 e. The highest BCUT2D eigenvalue weighted by atomic mass is 16.7. The molecule has 0 aromatic carbocycles. The summed E-state index contributed by atoms with van der Waals surface area (Å²) in [5, 5.41) is 54.2. The summed E-state index contributed by atoms with van der Waals surface area (Å²) in [6.07, 6.45) is -7.64. The first kappa shape index (κ1) is 21.1. The number of aliphatic hydroxyl groups excluding tert-OH is 4. The van der Waals surface area contributed by atoms with E-state index in [2.05, 4.69) is 20.1 Å². The predicted octanol–water partition coefficient (Wildman–Crippen LogP) is -3.49. The van der Waals surface area contributed by atoms with Gasteiger partial charge in [-0.1, -0.05) is 5.11 Å². The molecule has 13 nitrogen and oxygen atoms in total. The van der Waals surface area contributed by atoms with Crippen LogP contribution in [0.3, 0.4) is 0 Å². The molecule has 25 heavy (non-hydrogen) atoms. The third-order valence-corrected chi connectivity index (χ3v) is 3.61. The van der Waals surface area contributed by atoms with Crippen molar-refractivity contribution < 1.29 is 44.6 Å². The van der Waals surface area contributed by atoms with Gasteiger partial charge in [0, 0.05) is 11.3 Å². The van der Waals surface area contributed by atoms with Gasteiger partial charge in [0.05, 0.1) is 25.9 Å². The summed E-state index contributed by atoms with van der Waals surface area (Å²) >= 11 is 0. The van der Waals surface area contributed by atoms with E-state index in [1.807, 2.05) is 0 Å². The number of amides is 1. The van der Waals surface area contributed by atoms with Gasteiger partial charge in [0.15, 0.2) is 0 Å². The van der Waals surface area contributed by atoms with Crippen molar-refractivity contribution in [1.29, 1.82) is 0 Å². The summed E-state index contributed by atoms with van der Waals surface area (Å²) in [6, 6.07) is -1.39. The fourth-order valence-corrected chi connectivity index (χ4v) is 2.38. The van der Waals surface area contributed by atoms with Crippen LogP contribution < -0.4 is 5.32 Å². The molecule has 1 saturated heterocycles. The van der Waals surface area contributed by atoms with Crippen LogP contribution in [0.4, 0.5) is 0 Å². The number of nitrogens with one attached hydrogen (secondary N) is 1. The van der Waals surface area contributed by atoms with Crippen LogP contribution in [0.5, 0.6) is 0 Å². The van der Waals surface area contributed by atoms with E-state index in [-0.39, 0.29) is 0 Å². The zero-order valence-corrected chi connectivity index (χ0v) is 13.2. The first-order valence-corrected chi connectivity index (χ1v) is 7.14. The number of hydrogen-bond donors (Lipinski definition) is 6. The average Bonchev–Trinajstić information content (AvgIpc) is 2.59. The van der Waals surface area contributed by atoms with E-state index in [4.69, 9.17) is 15.4 Å². The van der Waals surface area contributed by atoms with Gasteiger partial charge in [-0.15, -0.1) is 0 Å². The number of carbonyl (C=O) groups is 2. The monoisotopic (exact) mass is 364 g/mol. The second kappa shape index (κ2) is 8.92. The van der Waals surface area contributed by atoms with E-state index in [9.17, 15) is 30.0 Å². The van der Waals surface area contributed by atoms with Crippen molar-refractivity contribution in [3.8, 4) is 0 Å². The molecule has 0 radical (unpaired) electrons. The normalized spacial score (nSPS) is 31.4. The van der Waals surface area contributed by atoms with E-state index in [1.54, 1.807) is 0 Å². The van der Waals surface area contributed by atoms with Crippen LogP contribution in [0.15, 0.2) is 5.11 Å². The van der Waals surface area contributed by atoms with Crippen LogP contribution in [0, 0.1) is 0 Å². The van der Waals surface area contributed by atoms with Gasteiger partial charge in [-0.05, 0) is 5.53 Å². The van der Waals surface area contributed by atoms with E-state index in [1.165, 1.54) is 0 Å². The Bertz CT molecular complexity index is 541. The molecule has 6 atom stereocenters. The molecule has 0 bridgehead atoms. The van der Waals surface area contributed by atoms with Crippen LogP contribution in [-0.4, -0.2) is 93.9 Å². The zero-order chi connectivity index (χ0) is 19.2. The molecule has 0 aromatic heterocycles. The second-order valence-corrected chi connectivity index (χ2v) is 5.35. The molecule has 0 aromatic rings. The highest BCUT2D eigenvalue weighted by Gasteiger charge is 2.54. The summed E-state index contributed by atoms with van der Waals surface area (Å²) in [5.74, 6) is -4.74. The van der Waals surface area contributed by atoms with Crippen molar-refractivity contribution in [2.45, 2.75) is 42.7 Å². The topological polar surface area (TPSA) is 215 Å². The Labute approximate surface area is 141 Å². The van der Waals surface area contributed by atoms with Gasteiger partial charge in [0.2, 0.25) is 5.91 Å². The number of ether oxygens (including phenoxy) is 2. The molecule has 1 amide bonds. The molecular weight excluding hydrogens is 344 g/mol. The molecule has 6 N–H and O–H groups in total. The number of carbonyl (C=O) groups excluding carboxylic acids is 2. The lowest BCUT2D eigenvalue weighted by Gasteiger charge is -2.45.